The van der Waals surface area contributed by atoms with Crippen LogP contribution in [0.1, 0.15) is 24.3 Å². The fourth-order valence-electron chi connectivity index (χ4n) is 2.58. The highest BCUT2D eigenvalue weighted by Gasteiger charge is 2.17. The normalized spacial score (nSPS) is 10.7. The number of primary amides is 1. The summed E-state index contributed by atoms with van der Waals surface area (Å²) in [5, 5.41) is 7.82. The maximum Gasteiger partial charge on any atom is 0.227 e. The molecule has 27 heavy (non-hydrogen) atoms. The quantitative estimate of drug-likeness (QED) is 0.611. The van der Waals surface area contributed by atoms with Gasteiger partial charge in [-0.15, -0.1) is 0 Å². The first-order valence-electron chi connectivity index (χ1n) is 8.57. The number of aryl methyl sites for hydroxylation is 1. The molecule has 0 saturated carbocycles. The van der Waals surface area contributed by atoms with E-state index in [-0.39, 0.29) is 25.3 Å². The molecule has 0 fully saturated rings. The minimum atomic E-state index is -0.432. The van der Waals surface area contributed by atoms with Gasteiger partial charge in [0.15, 0.2) is 0 Å². The summed E-state index contributed by atoms with van der Waals surface area (Å²) in [7, 11) is 0. The molecule has 2 N–H and O–H groups in total. The van der Waals surface area contributed by atoms with Crippen LogP contribution in [-0.4, -0.2) is 33.4 Å². The van der Waals surface area contributed by atoms with Gasteiger partial charge < -0.3 is 15.2 Å². The Morgan fingerprint density at radius 1 is 1.15 bits per heavy atom. The molecular formula is C19H20N4O3S. The van der Waals surface area contributed by atoms with E-state index in [0.717, 1.165) is 11.1 Å². The third-order valence-corrected chi connectivity index (χ3v) is 4.68. The average Bonchev–Trinajstić information content (AvgIpc) is 3.35. The van der Waals surface area contributed by atoms with Gasteiger partial charge in [0, 0.05) is 43.3 Å². The van der Waals surface area contributed by atoms with Gasteiger partial charge in [0.25, 0.3) is 0 Å². The highest BCUT2D eigenvalue weighted by atomic mass is 32.1. The molecule has 7 nitrogen and oxygen atoms in total. The largest absolute Gasteiger partial charge is 0.370 e. The molecule has 0 bridgehead atoms. The zero-order chi connectivity index (χ0) is 19.1. The first-order valence-corrected chi connectivity index (χ1v) is 9.51. The molecule has 140 valence electrons. The van der Waals surface area contributed by atoms with Crippen molar-refractivity contribution in [1.82, 2.24) is 15.0 Å². The molecule has 2 heterocycles. The van der Waals surface area contributed by atoms with Crippen molar-refractivity contribution in [3.05, 3.63) is 58.6 Å². The number of nitrogens with zero attached hydrogens (tertiary/aromatic N) is 3. The van der Waals surface area contributed by atoms with Gasteiger partial charge in [-0.2, -0.15) is 16.3 Å². The van der Waals surface area contributed by atoms with Crippen LogP contribution in [0, 0.1) is 0 Å². The number of thiophene rings is 1. The second-order valence-corrected chi connectivity index (χ2v) is 6.82. The molecule has 0 radical (unpaired) electrons. The summed E-state index contributed by atoms with van der Waals surface area (Å²) in [5.41, 5.74) is 7.13. The first kappa shape index (κ1) is 18.8. The zero-order valence-corrected chi connectivity index (χ0v) is 15.5. The smallest absolute Gasteiger partial charge is 0.227 e. The minimum Gasteiger partial charge on any atom is -0.370 e. The molecule has 0 aliphatic carbocycles. The molecule has 8 heteroatoms. The summed E-state index contributed by atoms with van der Waals surface area (Å²) in [4.78, 5) is 29.7. The Morgan fingerprint density at radius 3 is 2.67 bits per heavy atom. The average molecular weight is 384 g/mol. The Balaban J connectivity index is 1.60. The van der Waals surface area contributed by atoms with Crippen LogP contribution in [0.25, 0.3) is 11.4 Å². The summed E-state index contributed by atoms with van der Waals surface area (Å²) < 4.78 is 5.23. The van der Waals surface area contributed by atoms with E-state index in [9.17, 15) is 9.59 Å². The second-order valence-electron chi connectivity index (χ2n) is 6.04. The Bertz CT molecular complexity index is 878. The lowest BCUT2D eigenvalue weighted by Gasteiger charge is -2.22. The van der Waals surface area contributed by atoms with Crippen molar-refractivity contribution in [2.75, 3.05) is 6.54 Å². The van der Waals surface area contributed by atoms with Crippen LogP contribution in [0.3, 0.4) is 0 Å². The Hall–Kier alpha value is -3.00. The molecule has 0 unspecified atom stereocenters. The van der Waals surface area contributed by atoms with Crippen LogP contribution in [0.4, 0.5) is 0 Å². The molecule has 0 saturated heterocycles. The molecule has 1 aromatic carbocycles. The molecular weight excluding hydrogens is 364 g/mol. The van der Waals surface area contributed by atoms with Gasteiger partial charge in [-0.05, 0) is 17.0 Å². The van der Waals surface area contributed by atoms with Crippen LogP contribution < -0.4 is 5.73 Å². The maximum absolute atomic E-state index is 12.7. The maximum atomic E-state index is 12.7. The minimum absolute atomic E-state index is 0.0876. The van der Waals surface area contributed by atoms with Crippen LogP contribution in [-0.2, 0) is 22.6 Å². The predicted octanol–water partition coefficient (Wildman–Crippen LogP) is 2.63. The number of carbonyl (C=O) groups is 2. The van der Waals surface area contributed by atoms with Crippen LogP contribution in [0.5, 0.6) is 0 Å². The topological polar surface area (TPSA) is 102 Å². The highest BCUT2D eigenvalue weighted by Crippen LogP contribution is 2.19. The Labute approximate surface area is 160 Å². The molecule has 0 spiro atoms. The second kappa shape index (κ2) is 9.09. The number of aromatic nitrogens is 2. The van der Waals surface area contributed by atoms with E-state index in [1.54, 1.807) is 16.2 Å². The van der Waals surface area contributed by atoms with E-state index in [0.29, 0.717) is 24.7 Å². The Morgan fingerprint density at radius 2 is 1.96 bits per heavy atom. The van der Waals surface area contributed by atoms with E-state index < -0.39 is 5.91 Å². The summed E-state index contributed by atoms with van der Waals surface area (Å²) in [6, 6.07) is 11.5. The molecule has 2 amide bonds. The van der Waals surface area contributed by atoms with Gasteiger partial charge in [0.2, 0.25) is 23.5 Å². The number of amides is 2. The lowest BCUT2D eigenvalue weighted by molar-refractivity contribution is -0.132. The van der Waals surface area contributed by atoms with Crippen LogP contribution in [0.15, 0.2) is 51.7 Å². The van der Waals surface area contributed by atoms with Crippen molar-refractivity contribution in [2.45, 2.75) is 25.8 Å². The first-order chi connectivity index (χ1) is 13.1. The van der Waals surface area contributed by atoms with Gasteiger partial charge in [-0.3, -0.25) is 9.59 Å². The molecule has 0 aliphatic rings. The molecule has 3 aromatic rings. The lowest BCUT2D eigenvalue weighted by Crippen LogP contribution is -2.33. The highest BCUT2D eigenvalue weighted by molar-refractivity contribution is 7.08. The van der Waals surface area contributed by atoms with Gasteiger partial charge in [-0.1, -0.05) is 35.5 Å². The van der Waals surface area contributed by atoms with Gasteiger partial charge in [0.05, 0.1) is 0 Å². The van der Waals surface area contributed by atoms with Crippen molar-refractivity contribution in [3.63, 3.8) is 0 Å². The summed E-state index contributed by atoms with van der Waals surface area (Å²) in [6.45, 7) is 0.712. The fourth-order valence-corrected chi connectivity index (χ4v) is 3.21. The number of rotatable bonds is 9. The van der Waals surface area contributed by atoms with E-state index in [2.05, 4.69) is 10.1 Å². The van der Waals surface area contributed by atoms with Crippen molar-refractivity contribution < 1.29 is 14.1 Å². The van der Waals surface area contributed by atoms with Crippen molar-refractivity contribution in [2.24, 2.45) is 5.73 Å². The predicted molar refractivity (Wildman–Crippen MR) is 102 cm³/mol. The molecule has 0 atom stereocenters. The number of nitrogens with two attached hydrogens (primary N) is 1. The Kier molecular flexibility index (Phi) is 6.32. The summed E-state index contributed by atoms with van der Waals surface area (Å²) >= 11 is 1.55. The third-order valence-electron chi connectivity index (χ3n) is 4.00. The van der Waals surface area contributed by atoms with Crippen molar-refractivity contribution in [3.8, 4) is 11.4 Å². The number of carbonyl (C=O) groups excluding carboxylic acids is 2. The number of hydrogen-bond acceptors (Lipinski definition) is 6. The van der Waals surface area contributed by atoms with Gasteiger partial charge in [0.1, 0.15) is 0 Å². The van der Waals surface area contributed by atoms with E-state index >= 15 is 0 Å². The van der Waals surface area contributed by atoms with Gasteiger partial charge >= 0.3 is 0 Å². The monoisotopic (exact) mass is 384 g/mol. The molecule has 3 rings (SSSR count). The SMILES string of the molecule is NC(=O)CCN(Cc1ccccc1)C(=O)CCc1nc(-c2ccsc2)no1. The molecule has 2 aromatic heterocycles. The van der Waals surface area contributed by atoms with E-state index in [1.165, 1.54) is 0 Å². The van der Waals surface area contributed by atoms with Crippen molar-refractivity contribution in [1.29, 1.82) is 0 Å². The van der Waals surface area contributed by atoms with E-state index in [1.807, 2.05) is 47.2 Å². The number of hydrogen-bond donors (Lipinski definition) is 1. The zero-order valence-electron chi connectivity index (χ0n) is 14.7. The fraction of sp³-hybridized carbons (Fsp3) is 0.263. The molecule has 0 aliphatic heterocycles. The van der Waals surface area contributed by atoms with Crippen molar-refractivity contribution >= 4 is 23.2 Å². The lowest BCUT2D eigenvalue weighted by atomic mass is 10.2. The summed E-state index contributed by atoms with van der Waals surface area (Å²) in [5.74, 6) is 0.418. The summed E-state index contributed by atoms with van der Waals surface area (Å²) in [6.07, 6.45) is 0.691. The van der Waals surface area contributed by atoms with E-state index in [4.69, 9.17) is 10.3 Å². The van der Waals surface area contributed by atoms with Crippen LogP contribution >= 0.6 is 11.3 Å². The third kappa shape index (κ3) is 5.49. The van der Waals surface area contributed by atoms with Crippen LogP contribution in [0.2, 0.25) is 0 Å². The van der Waals surface area contributed by atoms with Gasteiger partial charge in [-0.25, -0.2) is 0 Å². The standard InChI is InChI=1S/C19H20N4O3S/c20-16(24)8-10-23(12-14-4-2-1-3-5-14)18(25)7-6-17-21-19(22-26-17)15-9-11-27-13-15/h1-5,9,11,13H,6-8,10,12H2,(H2,20,24). The number of benzene rings is 1.